The predicted octanol–water partition coefficient (Wildman–Crippen LogP) is -1.18. The summed E-state index contributed by atoms with van der Waals surface area (Å²) in [6.07, 6.45) is 1.22. The Morgan fingerprint density at radius 3 is 2.74 bits per heavy atom. The van der Waals surface area contributed by atoms with Gasteiger partial charge in [-0.2, -0.15) is 0 Å². The Labute approximate surface area is 133 Å². The number of nitrogens with one attached hydrogen (secondary N) is 1. The monoisotopic (exact) mass is 326 g/mol. The highest BCUT2D eigenvalue weighted by Crippen LogP contribution is 2.24. The van der Waals surface area contributed by atoms with Crippen LogP contribution in [0.3, 0.4) is 0 Å². The molecule has 9 heteroatoms. The fraction of sp³-hybridized carbons (Fsp3) is 0.714. The average Bonchev–Trinajstić information content (AvgIpc) is 2.59. The second-order valence-electron chi connectivity index (χ2n) is 6.01. The van der Waals surface area contributed by atoms with Gasteiger partial charge in [0.05, 0.1) is 12.5 Å². The van der Waals surface area contributed by atoms with Crippen LogP contribution in [0.15, 0.2) is 0 Å². The van der Waals surface area contributed by atoms with Crippen molar-refractivity contribution in [3.63, 3.8) is 0 Å². The third-order valence-electron chi connectivity index (χ3n) is 4.08. The first kappa shape index (κ1) is 17.2. The molecule has 9 nitrogen and oxygen atoms in total. The minimum atomic E-state index is -1.02. The zero-order valence-electron chi connectivity index (χ0n) is 13.0. The predicted molar refractivity (Wildman–Crippen MR) is 78.6 cm³/mol. The summed E-state index contributed by atoms with van der Waals surface area (Å²) in [7, 11) is 0. The van der Waals surface area contributed by atoms with Crippen LogP contribution in [0.5, 0.6) is 0 Å². The van der Waals surface area contributed by atoms with Crippen LogP contribution in [-0.4, -0.2) is 63.5 Å². The third kappa shape index (κ3) is 3.79. The molecule has 3 unspecified atom stereocenters. The number of carbonyl (C=O) groups is 4. The number of carbonyl (C=O) groups excluding carboxylic acids is 3. The normalized spacial score (nSPS) is 26.3. The zero-order valence-corrected chi connectivity index (χ0v) is 13.0. The molecule has 128 valence electrons. The summed E-state index contributed by atoms with van der Waals surface area (Å²) in [5.74, 6) is -2.14. The van der Waals surface area contributed by atoms with E-state index in [1.54, 1.807) is 6.92 Å². The SMILES string of the molecule is CC(CC(=O)O)NC(=O)C1CCCN2C(=O)CCC(N)C(=O)N12. The number of nitrogens with two attached hydrogens (primary N) is 1. The van der Waals surface area contributed by atoms with Crippen LogP contribution in [0.25, 0.3) is 0 Å². The van der Waals surface area contributed by atoms with Crippen LogP contribution in [-0.2, 0) is 19.2 Å². The summed E-state index contributed by atoms with van der Waals surface area (Å²) < 4.78 is 0. The van der Waals surface area contributed by atoms with Crippen molar-refractivity contribution < 1.29 is 24.3 Å². The number of nitrogens with zero attached hydrogens (tertiary/aromatic N) is 2. The van der Waals surface area contributed by atoms with Gasteiger partial charge in [-0.15, -0.1) is 0 Å². The standard InChI is InChI=1S/C14H22N4O5/c1-8(7-12(20)21)16-13(22)10-3-2-6-17-11(19)5-4-9(15)14(23)18(10)17/h8-10H,2-7,15H2,1H3,(H,16,22)(H,20,21). The first-order chi connectivity index (χ1) is 10.8. The molecule has 0 aliphatic carbocycles. The number of amides is 3. The molecule has 2 fully saturated rings. The van der Waals surface area contributed by atoms with E-state index >= 15 is 0 Å². The molecule has 3 atom stereocenters. The first-order valence-electron chi connectivity index (χ1n) is 7.72. The van der Waals surface area contributed by atoms with Crippen molar-refractivity contribution in [1.82, 2.24) is 15.3 Å². The van der Waals surface area contributed by atoms with Gasteiger partial charge in [0.1, 0.15) is 6.04 Å². The largest absolute Gasteiger partial charge is 0.481 e. The fourth-order valence-electron chi connectivity index (χ4n) is 2.95. The zero-order chi connectivity index (χ0) is 17.1. The van der Waals surface area contributed by atoms with Gasteiger partial charge in [0.2, 0.25) is 11.8 Å². The number of hydrogen-bond acceptors (Lipinski definition) is 5. The summed E-state index contributed by atoms with van der Waals surface area (Å²) in [4.78, 5) is 47.7. The Hall–Kier alpha value is -2.16. The van der Waals surface area contributed by atoms with Crippen LogP contribution in [0.4, 0.5) is 0 Å². The molecule has 0 aromatic heterocycles. The molecule has 2 rings (SSSR count). The summed E-state index contributed by atoms with van der Waals surface area (Å²) in [5, 5.41) is 13.8. The Kier molecular flexibility index (Phi) is 5.19. The van der Waals surface area contributed by atoms with E-state index in [1.165, 1.54) is 10.0 Å². The summed E-state index contributed by atoms with van der Waals surface area (Å²) in [6, 6.07) is -2.21. The van der Waals surface area contributed by atoms with Crippen LogP contribution in [0, 0.1) is 0 Å². The van der Waals surface area contributed by atoms with E-state index in [1.807, 2.05) is 0 Å². The van der Waals surface area contributed by atoms with Crippen molar-refractivity contribution in [2.24, 2.45) is 5.73 Å². The van der Waals surface area contributed by atoms with Gasteiger partial charge in [-0.25, -0.2) is 5.01 Å². The van der Waals surface area contributed by atoms with Crippen LogP contribution in [0.2, 0.25) is 0 Å². The quantitative estimate of drug-likeness (QED) is 0.595. The van der Waals surface area contributed by atoms with E-state index in [0.29, 0.717) is 19.4 Å². The number of fused-ring (bicyclic) bond motifs is 1. The summed E-state index contributed by atoms with van der Waals surface area (Å²) in [6.45, 7) is 1.96. The van der Waals surface area contributed by atoms with Gasteiger partial charge >= 0.3 is 5.97 Å². The molecule has 2 heterocycles. The number of rotatable bonds is 4. The fourth-order valence-corrected chi connectivity index (χ4v) is 2.95. The van der Waals surface area contributed by atoms with E-state index in [2.05, 4.69) is 5.32 Å². The lowest BCUT2D eigenvalue weighted by atomic mass is 10.1. The minimum Gasteiger partial charge on any atom is -0.481 e. The summed E-state index contributed by atoms with van der Waals surface area (Å²) >= 11 is 0. The van der Waals surface area contributed by atoms with Gasteiger partial charge in [-0.05, 0) is 26.2 Å². The van der Waals surface area contributed by atoms with Crippen molar-refractivity contribution in [2.75, 3.05) is 6.54 Å². The average molecular weight is 326 g/mol. The Balaban J connectivity index is 2.16. The molecule has 3 amide bonds. The van der Waals surface area contributed by atoms with Crippen molar-refractivity contribution in [3.8, 4) is 0 Å². The second kappa shape index (κ2) is 6.95. The first-order valence-corrected chi connectivity index (χ1v) is 7.72. The topological polar surface area (TPSA) is 133 Å². The van der Waals surface area contributed by atoms with E-state index < -0.39 is 35.9 Å². The maximum atomic E-state index is 12.4. The second-order valence-corrected chi connectivity index (χ2v) is 6.01. The van der Waals surface area contributed by atoms with Gasteiger partial charge in [0, 0.05) is 19.0 Å². The molecule has 0 radical (unpaired) electrons. The van der Waals surface area contributed by atoms with E-state index in [0.717, 1.165) is 0 Å². The highest BCUT2D eigenvalue weighted by atomic mass is 16.4. The van der Waals surface area contributed by atoms with Gasteiger partial charge in [0.15, 0.2) is 0 Å². The lowest BCUT2D eigenvalue weighted by Crippen LogP contribution is -2.63. The van der Waals surface area contributed by atoms with Crippen molar-refractivity contribution in [2.45, 2.75) is 57.2 Å². The Morgan fingerprint density at radius 2 is 2.09 bits per heavy atom. The van der Waals surface area contributed by atoms with E-state index in [4.69, 9.17) is 10.8 Å². The van der Waals surface area contributed by atoms with Crippen molar-refractivity contribution >= 4 is 23.7 Å². The molecule has 4 N–H and O–H groups in total. The molecular weight excluding hydrogens is 304 g/mol. The molecule has 0 saturated carbocycles. The van der Waals surface area contributed by atoms with Crippen LogP contribution in [0.1, 0.15) is 39.0 Å². The third-order valence-corrected chi connectivity index (χ3v) is 4.08. The van der Waals surface area contributed by atoms with E-state index in [9.17, 15) is 19.2 Å². The van der Waals surface area contributed by atoms with E-state index in [-0.39, 0.29) is 25.2 Å². The van der Waals surface area contributed by atoms with Gasteiger partial charge in [0.25, 0.3) is 5.91 Å². The minimum absolute atomic E-state index is 0.174. The number of aliphatic carboxylic acids is 1. The molecule has 0 bridgehead atoms. The van der Waals surface area contributed by atoms with Gasteiger partial charge in [-0.1, -0.05) is 0 Å². The molecule has 2 aliphatic heterocycles. The number of hydrazine groups is 1. The lowest BCUT2D eigenvalue weighted by molar-refractivity contribution is -0.175. The molecule has 23 heavy (non-hydrogen) atoms. The molecule has 2 saturated heterocycles. The Bertz CT molecular complexity index is 523. The lowest BCUT2D eigenvalue weighted by Gasteiger charge is -2.42. The van der Waals surface area contributed by atoms with Gasteiger partial charge in [-0.3, -0.25) is 24.2 Å². The van der Waals surface area contributed by atoms with Crippen LogP contribution >= 0.6 is 0 Å². The van der Waals surface area contributed by atoms with Gasteiger partial charge < -0.3 is 16.2 Å². The van der Waals surface area contributed by atoms with Crippen molar-refractivity contribution in [3.05, 3.63) is 0 Å². The maximum Gasteiger partial charge on any atom is 0.305 e. The molecule has 2 aliphatic rings. The highest BCUT2D eigenvalue weighted by molar-refractivity contribution is 5.93. The number of hydrogen-bond donors (Lipinski definition) is 3. The molecule has 0 aromatic carbocycles. The molecular formula is C14H22N4O5. The number of carboxylic acids is 1. The smallest absolute Gasteiger partial charge is 0.305 e. The molecule has 0 spiro atoms. The highest BCUT2D eigenvalue weighted by Gasteiger charge is 2.43. The van der Waals surface area contributed by atoms with Crippen molar-refractivity contribution in [1.29, 1.82) is 0 Å². The number of carboxylic acid groups (broad SMARTS) is 1. The Morgan fingerprint density at radius 1 is 1.39 bits per heavy atom. The molecule has 0 aromatic rings. The maximum absolute atomic E-state index is 12.4. The van der Waals surface area contributed by atoms with Crippen LogP contribution < -0.4 is 11.1 Å². The summed E-state index contributed by atoms with van der Waals surface area (Å²) in [5.41, 5.74) is 5.80.